The van der Waals surface area contributed by atoms with Crippen molar-refractivity contribution in [2.75, 3.05) is 11.9 Å². The minimum atomic E-state index is -0.450. The van der Waals surface area contributed by atoms with Crippen molar-refractivity contribution in [3.63, 3.8) is 0 Å². The molecule has 2 aromatic carbocycles. The minimum Gasteiger partial charge on any atom is -0.483 e. The molecule has 0 saturated carbocycles. The number of imide groups is 1. The molecule has 1 aliphatic rings. The maximum Gasteiger partial charge on any atom is 0.290 e. The van der Waals surface area contributed by atoms with Gasteiger partial charge in [-0.25, -0.2) is 0 Å². The highest BCUT2D eigenvalue weighted by Gasteiger charge is 2.25. The maximum absolute atomic E-state index is 12.0. The van der Waals surface area contributed by atoms with Crippen LogP contribution in [0.2, 0.25) is 5.02 Å². The molecule has 2 N–H and O–H groups in total. The van der Waals surface area contributed by atoms with E-state index in [-0.39, 0.29) is 17.4 Å². The summed E-state index contributed by atoms with van der Waals surface area (Å²) in [5, 5.41) is 4.97. The fourth-order valence-corrected chi connectivity index (χ4v) is 3.06. The molecule has 0 bridgehead atoms. The van der Waals surface area contributed by atoms with Gasteiger partial charge in [-0.05, 0) is 42.1 Å². The Morgan fingerprint density at radius 3 is 2.73 bits per heavy atom. The van der Waals surface area contributed by atoms with Gasteiger partial charge >= 0.3 is 0 Å². The second-order valence-corrected chi connectivity index (χ2v) is 6.69. The zero-order valence-corrected chi connectivity index (χ0v) is 14.9. The highest BCUT2D eigenvalue weighted by molar-refractivity contribution is 8.18. The maximum atomic E-state index is 12.0. The van der Waals surface area contributed by atoms with Crippen molar-refractivity contribution in [2.45, 2.75) is 0 Å². The highest BCUT2D eigenvalue weighted by atomic mass is 35.5. The van der Waals surface area contributed by atoms with Gasteiger partial charge in [0.15, 0.2) is 6.61 Å². The Labute approximate surface area is 158 Å². The van der Waals surface area contributed by atoms with Crippen molar-refractivity contribution in [2.24, 2.45) is 0 Å². The van der Waals surface area contributed by atoms with E-state index >= 15 is 0 Å². The largest absolute Gasteiger partial charge is 0.483 e. The Bertz CT molecular complexity index is 914. The van der Waals surface area contributed by atoms with Crippen LogP contribution in [0.3, 0.4) is 0 Å². The fraction of sp³-hybridized carbons (Fsp3) is 0.0556. The van der Waals surface area contributed by atoms with E-state index in [1.807, 2.05) is 0 Å². The first kappa shape index (κ1) is 18.0. The lowest BCUT2D eigenvalue weighted by atomic mass is 10.2. The number of carbonyl (C=O) groups excluding carboxylic acids is 3. The first-order valence-electron chi connectivity index (χ1n) is 7.53. The molecule has 1 aliphatic heterocycles. The molecule has 6 nitrogen and oxygen atoms in total. The summed E-state index contributed by atoms with van der Waals surface area (Å²) in [7, 11) is 0. The molecular weight excluding hydrogens is 376 g/mol. The monoisotopic (exact) mass is 388 g/mol. The van der Waals surface area contributed by atoms with Crippen LogP contribution in [-0.4, -0.2) is 23.7 Å². The summed E-state index contributed by atoms with van der Waals surface area (Å²) < 4.78 is 5.56. The van der Waals surface area contributed by atoms with Crippen molar-refractivity contribution in [3.05, 3.63) is 64.0 Å². The lowest BCUT2D eigenvalue weighted by Crippen LogP contribution is -2.20. The Balaban J connectivity index is 1.67. The summed E-state index contributed by atoms with van der Waals surface area (Å²) >= 11 is 6.70. The van der Waals surface area contributed by atoms with Crippen LogP contribution in [0.1, 0.15) is 5.56 Å². The number of ether oxygens (including phenoxy) is 1. The molecule has 0 aliphatic carbocycles. The number of hydrogen-bond acceptors (Lipinski definition) is 5. The van der Waals surface area contributed by atoms with E-state index in [9.17, 15) is 14.4 Å². The van der Waals surface area contributed by atoms with Crippen molar-refractivity contribution < 1.29 is 19.1 Å². The predicted molar refractivity (Wildman–Crippen MR) is 101 cm³/mol. The van der Waals surface area contributed by atoms with Crippen molar-refractivity contribution >= 4 is 52.2 Å². The summed E-state index contributed by atoms with van der Waals surface area (Å²) in [6.45, 7) is -0.217. The van der Waals surface area contributed by atoms with Gasteiger partial charge in [-0.1, -0.05) is 35.9 Å². The normalized spacial score (nSPS) is 15.0. The Kier molecular flexibility index (Phi) is 5.60. The molecule has 0 aromatic heterocycles. The summed E-state index contributed by atoms with van der Waals surface area (Å²) in [5.41, 5.74) is 1.16. The molecule has 1 saturated heterocycles. The molecule has 0 radical (unpaired) electrons. The third-order valence-corrected chi connectivity index (χ3v) is 4.36. The molecule has 132 valence electrons. The van der Waals surface area contributed by atoms with E-state index in [2.05, 4.69) is 10.6 Å². The van der Waals surface area contributed by atoms with Crippen LogP contribution in [0.5, 0.6) is 5.75 Å². The van der Waals surface area contributed by atoms with Gasteiger partial charge in [0.05, 0.1) is 4.91 Å². The van der Waals surface area contributed by atoms with E-state index in [4.69, 9.17) is 16.3 Å². The van der Waals surface area contributed by atoms with Gasteiger partial charge in [-0.2, -0.15) is 0 Å². The van der Waals surface area contributed by atoms with Crippen LogP contribution in [0.4, 0.5) is 10.5 Å². The molecule has 0 unspecified atom stereocenters. The Morgan fingerprint density at radius 2 is 2.00 bits per heavy atom. The average Bonchev–Trinajstić information content (AvgIpc) is 2.91. The van der Waals surface area contributed by atoms with Crippen LogP contribution < -0.4 is 15.4 Å². The minimum absolute atomic E-state index is 0.217. The lowest BCUT2D eigenvalue weighted by molar-refractivity contribution is -0.118. The summed E-state index contributed by atoms with van der Waals surface area (Å²) in [4.78, 5) is 35.2. The number of para-hydroxylation sites is 1. The van der Waals surface area contributed by atoms with Gasteiger partial charge in [-0.15, -0.1) is 0 Å². The number of thioether (sulfide) groups is 1. The van der Waals surface area contributed by atoms with Crippen LogP contribution in [0.25, 0.3) is 6.08 Å². The number of carbonyl (C=O) groups is 3. The van der Waals surface area contributed by atoms with E-state index in [1.54, 1.807) is 54.6 Å². The van der Waals surface area contributed by atoms with Crippen molar-refractivity contribution in [1.29, 1.82) is 0 Å². The zero-order valence-electron chi connectivity index (χ0n) is 13.3. The van der Waals surface area contributed by atoms with E-state index in [1.165, 1.54) is 0 Å². The number of halogens is 1. The Hall–Kier alpha value is -2.77. The topological polar surface area (TPSA) is 84.5 Å². The molecule has 0 spiro atoms. The average molecular weight is 389 g/mol. The number of hydrogen-bond donors (Lipinski definition) is 2. The van der Waals surface area contributed by atoms with E-state index < -0.39 is 11.1 Å². The SMILES string of the molecule is O=C(COc1ccccc1/C=C1\SC(=O)NC1=O)Nc1cccc(Cl)c1. The number of nitrogens with one attached hydrogen (secondary N) is 2. The van der Waals surface area contributed by atoms with Gasteiger partial charge in [0.25, 0.3) is 17.1 Å². The van der Waals surface area contributed by atoms with Crippen LogP contribution in [0, 0.1) is 0 Å². The smallest absolute Gasteiger partial charge is 0.290 e. The zero-order chi connectivity index (χ0) is 18.5. The second kappa shape index (κ2) is 8.07. The molecule has 26 heavy (non-hydrogen) atoms. The molecular formula is C18H13ClN2O4S. The lowest BCUT2D eigenvalue weighted by Gasteiger charge is -2.10. The predicted octanol–water partition coefficient (Wildman–Crippen LogP) is 3.68. The molecule has 1 fully saturated rings. The van der Waals surface area contributed by atoms with Gasteiger partial charge in [0.2, 0.25) is 0 Å². The summed E-state index contributed by atoms with van der Waals surface area (Å²) in [5.74, 6) is -0.375. The second-order valence-electron chi connectivity index (χ2n) is 5.24. The third kappa shape index (κ3) is 4.65. The van der Waals surface area contributed by atoms with Crippen LogP contribution in [0.15, 0.2) is 53.4 Å². The van der Waals surface area contributed by atoms with Crippen molar-refractivity contribution in [1.82, 2.24) is 5.32 Å². The summed E-state index contributed by atoms with van der Waals surface area (Å²) in [6, 6.07) is 13.7. The molecule has 3 rings (SSSR count). The van der Waals surface area contributed by atoms with E-state index in [0.717, 1.165) is 11.8 Å². The number of benzene rings is 2. The van der Waals surface area contributed by atoms with Crippen LogP contribution >= 0.6 is 23.4 Å². The number of rotatable bonds is 5. The number of anilines is 1. The van der Waals surface area contributed by atoms with Crippen LogP contribution in [-0.2, 0) is 9.59 Å². The van der Waals surface area contributed by atoms with Gasteiger partial charge in [-0.3, -0.25) is 19.7 Å². The van der Waals surface area contributed by atoms with Gasteiger partial charge < -0.3 is 10.1 Å². The first-order chi connectivity index (χ1) is 12.5. The van der Waals surface area contributed by atoms with E-state index in [0.29, 0.717) is 22.0 Å². The quantitative estimate of drug-likeness (QED) is 0.763. The fourth-order valence-electron chi connectivity index (χ4n) is 2.20. The first-order valence-corrected chi connectivity index (χ1v) is 8.73. The molecule has 3 amide bonds. The summed E-state index contributed by atoms with van der Waals surface area (Å²) in [6.07, 6.45) is 1.55. The molecule has 8 heteroatoms. The molecule has 2 aromatic rings. The number of amides is 3. The highest BCUT2D eigenvalue weighted by Crippen LogP contribution is 2.29. The molecule has 1 heterocycles. The Morgan fingerprint density at radius 1 is 1.19 bits per heavy atom. The van der Waals surface area contributed by atoms with Gasteiger partial charge in [0, 0.05) is 16.3 Å². The third-order valence-electron chi connectivity index (χ3n) is 3.31. The standard InChI is InChI=1S/C18H13ClN2O4S/c19-12-5-3-6-13(9-12)20-16(22)10-25-14-7-2-1-4-11(14)8-15-17(23)21-18(24)26-15/h1-9H,10H2,(H,20,22)(H,21,23,24)/b15-8-. The van der Waals surface area contributed by atoms with Crippen molar-refractivity contribution in [3.8, 4) is 5.75 Å². The molecule has 0 atom stereocenters. The van der Waals surface area contributed by atoms with Gasteiger partial charge in [0.1, 0.15) is 5.75 Å².